The van der Waals surface area contributed by atoms with Crippen LogP contribution in [0.3, 0.4) is 0 Å². The third kappa shape index (κ3) is 2.70. The average molecular weight is 281 g/mol. The Balaban J connectivity index is 1.73. The highest BCUT2D eigenvalue weighted by Gasteiger charge is 2.23. The van der Waals surface area contributed by atoms with Crippen molar-refractivity contribution in [2.75, 3.05) is 35.8 Å². The van der Waals surface area contributed by atoms with E-state index in [-0.39, 0.29) is 6.03 Å². The molecular weight excluding hydrogens is 262 g/mol. The second-order valence-corrected chi connectivity index (χ2v) is 5.40. The zero-order valence-corrected chi connectivity index (χ0v) is 12.3. The standard InChI is InChI=1S/C17H19N3O/c1-19(2)15-9-7-14(8-10-15)18-17(21)20-12-11-13-5-3-4-6-16(13)20/h3-10H,11-12H2,1-2H3,(H,18,21). The van der Waals surface area contributed by atoms with Crippen LogP contribution >= 0.6 is 0 Å². The Morgan fingerprint density at radius 1 is 1.10 bits per heavy atom. The highest BCUT2D eigenvalue weighted by Crippen LogP contribution is 2.28. The van der Waals surface area contributed by atoms with Gasteiger partial charge in [-0.3, -0.25) is 4.90 Å². The van der Waals surface area contributed by atoms with E-state index in [9.17, 15) is 4.79 Å². The van der Waals surface area contributed by atoms with Gasteiger partial charge >= 0.3 is 6.03 Å². The predicted octanol–water partition coefficient (Wildman–Crippen LogP) is 3.35. The van der Waals surface area contributed by atoms with Gasteiger partial charge in [0.1, 0.15) is 0 Å². The minimum Gasteiger partial charge on any atom is -0.378 e. The summed E-state index contributed by atoms with van der Waals surface area (Å²) in [5, 5.41) is 2.96. The molecule has 0 aliphatic carbocycles. The van der Waals surface area contributed by atoms with Gasteiger partial charge in [-0.15, -0.1) is 0 Å². The first-order valence-electron chi connectivity index (χ1n) is 7.09. The number of anilines is 3. The molecule has 4 nitrogen and oxygen atoms in total. The van der Waals surface area contributed by atoms with Gasteiger partial charge in [0, 0.05) is 37.7 Å². The molecule has 0 fully saturated rings. The number of carbonyl (C=O) groups is 1. The van der Waals surface area contributed by atoms with Crippen LogP contribution in [-0.4, -0.2) is 26.7 Å². The average Bonchev–Trinajstić information content (AvgIpc) is 2.92. The topological polar surface area (TPSA) is 35.6 Å². The number of benzene rings is 2. The highest BCUT2D eigenvalue weighted by atomic mass is 16.2. The summed E-state index contributed by atoms with van der Waals surface area (Å²) in [6, 6.07) is 15.8. The zero-order valence-electron chi connectivity index (χ0n) is 12.3. The fraction of sp³-hybridized carbons (Fsp3) is 0.235. The molecule has 2 aromatic rings. The summed E-state index contributed by atoms with van der Waals surface area (Å²) in [5.74, 6) is 0. The number of nitrogens with zero attached hydrogens (tertiary/aromatic N) is 2. The Morgan fingerprint density at radius 3 is 2.52 bits per heavy atom. The van der Waals surface area contributed by atoms with E-state index in [1.54, 1.807) is 4.90 Å². The van der Waals surface area contributed by atoms with Crippen LogP contribution in [-0.2, 0) is 6.42 Å². The molecule has 0 bridgehead atoms. The van der Waals surface area contributed by atoms with Crippen molar-refractivity contribution in [1.29, 1.82) is 0 Å². The van der Waals surface area contributed by atoms with Gasteiger partial charge in [0.25, 0.3) is 0 Å². The molecule has 0 atom stereocenters. The molecule has 1 heterocycles. The van der Waals surface area contributed by atoms with Crippen LogP contribution in [0.1, 0.15) is 5.56 Å². The fourth-order valence-corrected chi connectivity index (χ4v) is 2.58. The molecule has 0 aromatic heterocycles. The molecule has 0 unspecified atom stereocenters. The van der Waals surface area contributed by atoms with Crippen molar-refractivity contribution in [3.63, 3.8) is 0 Å². The second-order valence-electron chi connectivity index (χ2n) is 5.40. The summed E-state index contributed by atoms with van der Waals surface area (Å²) >= 11 is 0. The first-order chi connectivity index (χ1) is 10.1. The van der Waals surface area contributed by atoms with E-state index in [2.05, 4.69) is 11.4 Å². The van der Waals surface area contributed by atoms with Crippen LogP contribution in [0.15, 0.2) is 48.5 Å². The third-order valence-corrected chi connectivity index (χ3v) is 3.77. The van der Waals surface area contributed by atoms with Gasteiger partial charge < -0.3 is 10.2 Å². The fourth-order valence-electron chi connectivity index (χ4n) is 2.58. The summed E-state index contributed by atoms with van der Waals surface area (Å²) in [5.41, 5.74) is 4.17. The second kappa shape index (κ2) is 5.48. The van der Waals surface area contributed by atoms with E-state index in [1.165, 1.54) is 5.56 Å². The SMILES string of the molecule is CN(C)c1ccc(NC(=O)N2CCc3ccccc32)cc1. The molecule has 1 aliphatic heterocycles. The highest BCUT2D eigenvalue weighted by molar-refractivity contribution is 6.03. The van der Waals surface area contributed by atoms with E-state index in [0.29, 0.717) is 0 Å². The maximum atomic E-state index is 12.4. The van der Waals surface area contributed by atoms with Crippen molar-refractivity contribution in [2.45, 2.75) is 6.42 Å². The van der Waals surface area contributed by atoms with Crippen LogP contribution in [0.2, 0.25) is 0 Å². The van der Waals surface area contributed by atoms with Gasteiger partial charge in [-0.1, -0.05) is 18.2 Å². The zero-order chi connectivity index (χ0) is 14.8. The van der Waals surface area contributed by atoms with Crippen LogP contribution in [0.5, 0.6) is 0 Å². The van der Waals surface area contributed by atoms with Gasteiger partial charge in [0.15, 0.2) is 0 Å². The van der Waals surface area contributed by atoms with Crippen LogP contribution in [0.4, 0.5) is 21.9 Å². The van der Waals surface area contributed by atoms with Gasteiger partial charge in [-0.25, -0.2) is 4.79 Å². The Hall–Kier alpha value is -2.49. The normalized spacial score (nSPS) is 13.0. The molecule has 0 radical (unpaired) electrons. The third-order valence-electron chi connectivity index (χ3n) is 3.77. The minimum atomic E-state index is -0.0717. The summed E-state index contributed by atoms with van der Waals surface area (Å²) < 4.78 is 0. The quantitative estimate of drug-likeness (QED) is 0.916. The van der Waals surface area contributed by atoms with Crippen molar-refractivity contribution in [3.05, 3.63) is 54.1 Å². The van der Waals surface area contributed by atoms with Crippen molar-refractivity contribution in [2.24, 2.45) is 0 Å². The van der Waals surface area contributed by atoms with Gasteiger partial charge in [-0.2, -0.15) is 0 Å². The Labute approximate surface area is 125 Å². The molecule has 2 aromatic carbocycles. The molecule has 1 N–H and O–H groups in total. The van der Waals surface area contributed by atoms with E-state index in [1.807, 2.05) is 61.5 Å². The van der Waals surface area contributed by atoms with Crippen LogP contribution in [0.25, 0.3) is 0 Å². The number of hydrogen-bond donors (Lipinski definition) is 1. The molecule has 2 amide bonds. The smallest absolute Gasteiger partial charge is 0.326 e. The lowest BCUT2D eigenvalue weighted by Crippen LogP contribution is -2.33. The molecule has 3 rings (SSSR count). The molecule has 21 heavy (non-hydrogen) atoms. The summed E-state index contributed by atoms with van der Waals surface area (Å²) in [6.07, 6.45) is 0.920. The van der Waals surface area contributed by atoms with Crippen molar-refractivity contribution in [3.8, 4) is 0 Å². The molecule has 0 spiro atoms. The summed E-state index contributed by atoms with van der Waals surface area (Å²) in [7, 11) is 3.99. The summed E-state index contributed by atoms with van der Waals surface area (Å²) in [4.78, 5) is 16.2. The predicted molar refractivity (Wildman–Crippen MR) is 87.3 cm³/mol. The van der Waals surface area contributed by atoms with Gasteiger partial charge in [0.05, 0.1) is 0 Å². The largest absolute Gasteiger partial charge is 0.378 e. The molecule has 108 valence electrons. The maximum absolute atomic E-state index is 12.4. The van der Waals surface area contributed by atoms with Crippen LogP contribution in [0, 0.1) is 0 Å². The first kappa shape index (κ1) is 13.5. The Kier molecular flexibility index (Phi) is 3.52. The lowest BCUT2D eigenvalue weighted by molar-refractivity contribution is 0.257. The lowest BCUT2D eigenvalue weighted by atomic mass is 10.2. The molecule has 4 heteroatoms. The van der Waals surface area contributed by atoms with Gasteiger partial charge in [0.2, 0.25) is 0 Å². The number of carbonyl (C=O) groups excluding carboxylic acids is 1. The number of urea groups is 1. The number of amides is 2. The van der Waals surface area contributed by atoms with E-state index < -0.39 is 0 Å². The summed E-state index contributed by atoms with van der Waals surface area (Å²) in [6.45, 7) is 0.737. The number of fused-ring (bicyclic) bond motifs is 1. The van der Waals surface area contributed by atoms with Crippen molar-refractivity contribution < 1.29 is 4.79 Å². The molecule has 1 aliphatic rings. The van der Waals surface area contributed by atoms with Gasteiger partial charge in [-0.05, 0) is 42.3 Å². The number of hydrogen-bond acceptors (Lipinski definition) is 2. The Bertz CT molecular complexity index is 649. The molecular formula is C17H19N3O. The number of para-hydroxylation sites is 1. The molecule has 0 saturated heterocycles. The monoisotopic (exact) mass is 281 g/mol. The van der Waals surface area contributed by atoms with Crippen molar-refractivity contribution >= 4 is 23.1 Å². The molecule has 0 saturated carbocycles. The van der Waals surface area contributed by atoms with E-state index in [0.717, 1.165) is 30.0 Å². The Morgan fingerprint density at radius 2 is 1.81 bits per heavy atom. The van der Waals surface area contributed by atoms with E-state index in [4.69, 9.17) is 0 Å². The van der Waals surface area contributed by atoms with E-state index >= 15 is 0 Å². The maximum Gasteiger partial charge on any atom is 0.326 e. The lowest BCUT2D eigenvalue weighted by Gasteiger charge is -2.18. The number of rotatable bonds is 2. The number of nitrogens with one attached hydrogen (secondary N) is 1. The minimum absolute atomic E-state index is 0.0717. The van der Waals surface area contributed by atoms with Crippen LogP contribution < -0.4 is 15.1 Å². The first-order valence-corrected chi connectivity index (χ1v) is 7.09. The van der Waals surface area contributed by atoms with Crippen molar-refractivity contribution in [1.82, 2.24) is 0 Å².